The van der Waals surface area contributed by atoms with Gasteiger partial charge in [0, 0.05) is 37.2 Å². The van der Waals surface area contributed by atoms with Crippen molar-refractivity contribution in [3.63, 3.8) is 0 Å². The summed E-state index contributed by atoms with van der Waals surface area (Å²) in [6.07, 6.45) is 4.49. The number of rotatable bonds is 4. The van der Waals surface area contributed by atoms with Gasteiger partial charge in [0.2, 0.25) is 5.95 Å². The third kappa shape index (κ3) is 3.10. The van der Waals surface area contributed by atoms with Crippen LogP contribution in [-0.4, -0.2) is 40.2 Å². The molecular formula is C15H16N4O2. The van der Waals surface area contributed by atoms with Gasteiger partial charge in [-0.1, -0.05) is 0 Å². The second-order valence-corrected chi connectivity index (χ2v) is 5.01. The predicted octanol–water partition coefficient (Wildman–Crippen LogP) is 1.87. The number of anilines is 2. The van der Waals surface area contributed by atoms with Gasteiger partial charge < -0.3 is 15.3 Å². The van der Waals surface area contributed by atoms with Crippen LogP contribution < -0.4 is 10.2 Å². The summed E-state index contributed by atoms with van der Waals surface area (Å²) in [5.74, 6) is -0.155. The molecule has 0 amide bonds. The molecule has 2 aromatic rings. The number of nitrogens with zero attached hydrogens (tertiary/aromatic N) is 3. The maximum atomic E-state index is 10.8. The van der Waals surface area contributed by atoms with E-state index in [2.05, 4.69) is 20.2 Å². The fourth-order valence-corrected chi connectivity index (χ4v) is 2.46. The zero-order valence-electron chi connectivity index (χ0n) is 11.4. The van der Waals surface area contributed by atoms with Gasteiger partial charge in [0.05, 0.1) is 5.56 Å². The van der Waals surface area contributed by atoms with Crippen molar-refractivity contribution >= 4 is 17.6 Å². The Labute approximate surface area is 122 Å². The van der Waals surface area contributed by atoms with Crippen LogP contribution in [-0.2, 0) is 0 Å². The van der Waals surface area contributed by atoms with Crippen molar-refractivity contribution < 1.29 is 9.90 Å². The highest BCUT2D eigenvalue weighted by Crippen LogP contribution is 2.19. The number of carboxylic acid groups (broad SMARTS) is 1. The first-order valence-electron chi connectivity index (χ1n) is 6.84. The summed E-state index contributed by atoms with van der Waals surface area (Å²) < 4.78 is 0. The number of hydrogen-bond donors (Lipinski definition) is 2. The molecule has 0 spiro atoms. The summed E-state index contributed by atoms with van der Waals surface area (Å²) in [5, 5.41) is 12.3. The Balaban J connectivity index is 1.61. The van der Waals surface area contributed by atoms with Crippen LogP contribution in [0.5, 0.6) is 0 Å². The first-order chi connectivity index (χ1) is 10.2. The van der Waals surface area contributed by atoms with Crippen LogP contribution in [0.2, 0.25) is 0 Å². The zero-order valence-corrected chi connectivity index (χ0v) is 11.4. The third-order valence-corrected chi connectivity index (χ3v) is 3.53. The van der Waals surface area contributed by atoms with Gasteiger partial charge in [-0.25, -0.2) is 14.8 Å². The van der Waals surface area contributed by atoms with Crippen LogP contribution in [0.15, 0.2) is 42.7 Å². The fourth-order valence-electron chi connectivity index (χ4n) is 2.46. The molecule has 1 aliphatic heterocycles. The Morgan fingerprint density at radius 1 is 1.24 bits per heavy atom. The highest BCUT2D eigenvalue weighted by Gasteiger charge is 2.23. The lowest BCUT2D eigenvalue weighted by Crippen LogP contribution is -2.27. The molecule has 0 aliphatic carbocycles. The third-order valence-electron chi connectivity index (χ3n) is 3.53. The van der Waals surface area contributed by atoms with Crippen molar-refractivity contribution in [3.8, 4) is 0 Å². The van der Waals surface area contributed by atoms with Crippen LogP contribution in [0.1, 0.15) is 16.8 Å². The molecule has 1 saturated heterocycles. The molecule has 108 valence electrons. The Kier molecular flexibility index (Phi) is 3.68. The molecule has 1 fully saturated rings. The van der Waals surface area contributed by atoms with E-state index in [1.165, 1.54) is 0 Å². The van der Waals surface area contributed by atoms with Crippen LogP contribution >= 0.6 is 0 Å². The number of hydrogen-bond acceptors (Lipinski definition) is 5. The predicted molar refractivity (Wildman–Crippen MR) is 79.7 cm³/mol. The summed E-state index contributed by atoms with van der Waals surface area (Å²) in [7, 11) is 0. The van der Waals surface area contributed by atoms with Crippen LogP contribution in [0.25, 0.3) is 0 Å². The lowest BCUT2D eigenvalue weighted by atomic mass is 10.2. The van der Waals surface area contributed by atoms with Gasteiger partial charge in [-0.2, -0.15) is 0 Å². The van der Waals surface area contributed by atoms with E-state index in [1.807, 2.05) is 0 Å². The molecule has 1 atom stereocenters. The highest BCUT2D eigenvalue weighted by molar-refractivity contribution is 5.88. The van der Waals surface area contributed by atoms with Crippen LogP contribution in [0.3, 0.4) is 0 Å². The van der Waals surface area contributed by atoms with Crippen molar-refractivity contribution in [2.45, 2.75) is 12.5 Å². The Morgan fingerprint density at radius 2 is 1.95 bits per heavy atom. The second kappa shape index (κ2) is 5.78. The maximum Gasteiger partial charge on any atom is 0.335 e. The summed E-state index contributed by atoms with van der Waals surface area (Å²) >= 11 is 0. The van der Waals surface area contributed by atoms with Crippen LogP contribution in [0.4, 0.5) is 11.6 Å². The van der Waals surface area contributed by atoms with E-state index in [0.29, 0.717) is 11.6 Å². The lowest BCUT2D eigenvalue weighted by molar-refractivity contribution is 0.0697. The molecule has 3 rings (SSSR count). The number of nitrogens with one attached hydrogen (secondary N) is 1. The normalized spacial score (nSPS) is 17.7. The van der Waals surface area contributed by atoms with Gasteiger partial charge in [-0.15, -0.1) is 0 Å². The first kappa shape index (κ1) is 13.4. The van der Waals surface area contributed by atoms with Crippen molar-refractivity contribution in [3.05, 3.63) is 48.3 Å². The van der Waals surface area contributed by atoms with Crippen LogP contribution in [0, 0.1) is 0 Å². The molecule has 0 radical (unpaired) electrons. The van der Waals surface area contributed by atoms with Crippen molar-refractivity contribution in [2.24, 2.45) is 0 Å². The Bertz CT molecular complexity index is 615. The van der Waals surface area contributed by atoms with Crippen molar-refractivity contribution in [1.82, 2.24) is 9.97 Å². The van der Waals surface area contributed by atoms with E-state index >= 15 is 0 Å². The molecule has 2 N–H and O–H groups in total. The maximum absolute atomic E-state index is 10.8. The molecule has 6 nitrogen and oxygen atoms in total. The largest absolute Gasteiger partial charge is 0.478 e. The minimum absolute atomic E-state index is 0.297. The Morgan fingerprint density at radius 3 is 2.62 bits per heavy atom. The Hall–Kier alpha value is -2.63. The van der Waals surface area contributed by atoms with Crippen molar-refractivity contribution in [2.75, 3.05) is 23.3 Å². The SMILES string of the molecule is O=C(O)c1ccc(NC2CCN(c3ncccn3)C2)cc1. The van der Waals surface area contributed by atoms with Gasteiger partial charge in [-0.05, 0) is 36.8 Å². The molecule has 1 aromatic heterocycles. The summed E-state index contributed by atoms with van der Waals surface area (Å²) in [6.45, 7) is 1.75. The smallest absolute Gasteiger partial charge is 0.335 e. The van der Waals surface area contributed by atoms with Gasteiger partial charge in [0.1, 0.15) is 0 Å². The number of carboxylic acids is 1. The molecule has 1 aliphatic rings. The number of benzene rings is 1. The summed E-state index contributed by atoms with van der Waals surface area (Å²) in [4.78, 5) is 21.5. The molecule has 6 heteroatoms. The zero-order chi connectivity index (χ0) is 14.7. The molecule has 21 heavy (non-hydrogen) atoms. The van der Waals surface area contributed by atoms with Gasteiger partial charge in [-0.3, -0.25) is 0 Å². The number of carbonyl (C=O) groups is 1. The average molecular weight is 284 g/mol. The minimum atomic E-state index is -0.908. The first-order valence-corrected chi connectivity index (χ1v) is 6.84. The molecular weight excluding hydrogens is 268 g/mol. The van der Waals surface area contributed by atoms with Crippen molar-refractivity contribution in [1.29, 1.82) is 0 Å². The summed E-state index contributed by atoms with van der Waals surface area (Å²) in [6, 6.07) is 8.93. The monoisotopic (exact) mass is 284 g/mol. The van der Waals surface area contributed by atoms with Gasteiger partial charge >= 0.3 is 5.97 Å². The second-order valence-electron chi connectivity index (χ2n) is 5.01. The molecule has 0 saturated carbocycles. The van der Waals surface area contributed by atoms with E-state index in [-0.39, 0.29) is 0 Å². The topological polar surface area (TPSA) is 78.4 Å². The molecule has 1 aromatic carbocycles. The van der Waals surface area contributed by atoms with E-state index < -0.39 is 5.97 Å². The quantitative estimate of drug-likeness (QED) is 0.892. The molecule has 2 heterocycles. The van der Waals surface area contributed by atoms with Gasteiger partial charge in [0.25, 0.3) is 0 Å². The summed E-state index contributed by atoms with van der Waals surface area (Å²) in [5.41, 5.74) is 1.23. The molecule has 0 bridgehead atoms. The highest BCUT2D eigenvalue weighted by atomic mass is 16.4. The average Bonchev–Trinajstić information content (AvgIpc) is 2.97. The van der Waals surface area contributed by atoms with E-state index in [0.717, 1.165) is 31.1 Å². The van der Waals surface area contributed by atoms with E-state index in [4.69, 9.17) is 5.11 Å². The fraction of sp³-hybridized carbons (Fsp3) is 0.267. The van der Waals surface area contributed by atoms with E-state index in [1.54, 1.807) is 42.7 Å². The number of aromatic carboxylic acids is 1. The molecule has 1 unspecified atom stereocenters. The number of aromatic nitrogens is 2. The standard InChI is InChI=1S/C15H16N4O2/c20-14(21)11-2-4-12(5-3-11)18-13-6-9-19(10-13)15-16-7-1-8-17-15/h1-5,7-8,13,18H,6,9-10H2,(H,20,21). The lowest BCUT2D eigenvalue weighted by Gasteiger charge is -2.17. The van der Waals surface area contributed by atoms with Gasteiger partial charge in [0.15, 0.2) is 0 Å². The minimum Gasteiger partial charge on any atom is -0.478 e. The van der Waals surface area contributed by atoms with E-state index in [9.17, 15) is 4.79 Å².